The van der Waals surface area contributed by atoms with Gasteiger partial charge < -0.3 is 10.7 Å². The first-order chi connectivity index (χ1) is 6.77. The van der Waals surface area contributed by atoms with Crippen LogP contribution in [0.1, 0.15) is 26.7 Å². The van der Waals surface area contributed by atoms with Crippen molar-refractivity contribution in [1.82, 2.24) is 19.9 Å². The van der Waals surface area contributed by atoms with Gasteiger partial charge in [-0.1, -0.05) is 26.7 Å². The van der Waals surface area contributed by atoms with Crippen molar-refractivity contribution < 1.29 is 0 Å². The highest BCUT2D eigenvalue weighted by Crippen LogP contribution is 2.03. The van der Waals surface area contributed by atoms with E-state index in [0.717, 1.165) is 5.52 Å². The first kappa shape index (κ1) is 10.4. The molecule has 2 heterocycles. The minimum Gasteiger partial charge on any atom is -0.368 e. The molecule has 5 heteroatoms. The van der Waals surface area contributed by atoms with E-state index in [2.05, 4.69) is 33.8 Å². The smallest absolute Gasteiger partial charge is 0.222 e. The van der Waals surface area contributed by atoms with Gasteiger partial charge in [0, 0.05) is 0 Å². The molecule has 2 aromatic heterocycles. The van der Waals surface area contributed by atoms with E-state index in [0.29, 0.717) is 5.65 Å². The molecule has 0 amide bonds. The maximum absolute atomic E-state index is 5.31. The van der Waals surface area contributed by atoms with E-state index in [1.807, 2.05) is 0 Å². The lowest BCUT2D eigenvalue weighted by Gasteiger charge is -1.87. The topological polar surface area (TPSA) is 80.5 Å². The molecule has 0 fully saturated rings. The Morgan fingerprint density at radius 3 is 2.64 bits per heavy atom. The maximum Gasteiger partial charge on any atom is 0.222 e. The number of nitrogens with zero attached hydrogens (tertiary/aromatic N) is 3. The Balaban J connectivity index is 0.000000213. The van der Waals surface area contributed by atoms with E-state index in [-0.39, 0.29) is 5.95 Å². The number of nitrogen functional groups attached to an aromatic ring is 1. The third-order valence-corrected chi connectivity index (χ3v) is 1.69. The molecule has 0 unspecified atom stereocenters. The summed E-state index contributed by atoms with van der Waals surface area (Å²) in [5, 5.41) is 0. The van der Waals surface area contributed by atoms with Crippen LogP contribution in [-0.2, 0) is 0 Å². The largest absolute Gasteiger partial charge is 0.368 e. The van der Waals surface area contributed by atoms with Gasteiger partial charge in [0.2, 0.25) is 5.95 Å². The van der Waals surface area contributed by atoms with Gasteiger partial charge in [0.05, 0.1) is 12.5 Å². The summed E-state index contributed by atoms with van der Waals surface area (Å²) in [6.07, 6.45) is 5.80. The van der Waals surface area contributed by atoms with E-state index in [4.69, 9.17) is 5.73 Å². The number of anilines is 1. The Kier molecular flexibility index (Phi) is 3.84. The summed E-state index contributed by atoms with van der Waals surface area (Å²) in [6, 6.07) is 0. The molecule has 0 aliphatic rings. The highest BCUT2D eigenvalue weighted by molar-refractivity contribution is 5.69. The monoisotopic (exact) mass is 193 g/mol. The molecule has 2 aromatic rings. The summed E-state index contributed by atoms with van der Waals surface area (Å²) in [4.78, 5) is 14.4. The average molecular weight is 193 g/mol. The van der Waals surface area contributed by atoms with Gasteiger partial charge in [-0.05, 0) is 0 Å². The number of aromatic nitrogens is 4. The summed E-state index contributed by atoms with van der Waals surface area (Å²) in [6.45, 7) is 4.36. The third kappa shape index (κ3) is 2.69. The predicted octanol–water partition coefficient (Wildman–Crippen LogP) is 1.74. The van der Waals surface area contributed by atoms with Gasteiger partial charge in [-0.25, -0.2) is 9.97 Å². The van der Waals surface area contributed by atoms with Crippen LogP contribution in [-0.4, -0.2) is 19.9 Å². The van der Waals surface area contributed by atoms with Crippen molar-refractivity contribution >= 4 is 17.1 Å². The van der Waals surface area contributed by atoms with Gasteiger partial charge in [-0.2, -0.15) is 4.98 Å². The average Bonchev–Trinajstić information content (AvgIpc) is 2.65. The van der Waals surface area contributed by atoms with Gasteiger partial charge in [0.15, 0.2) is 5.65 Å². The maximum atomic E-state index is 5.31. The summed E-state index contributed by atoms with van der Waals surface area (Å²) in [5.41, 5.74) is 6.71. The molecule has 3 N–H and O–H groups in total. The van der Waals surface area contributed by atoms with Gasteiger partial charge in [-0.3, -0.25) is 0 Å². The molecular formula is C9H15N5. The molecule has 0 saturated carbocycles. The molecule has 0 saturated heterocycles. The minimum absolute atomic E-state index is 0.250. The van der Waals surface area contributed by atoms with Gasteiger partial charge >= 0.3 is 0 Å². The van der Waals surface area contributed by atoms with Gasteiger partial charge in [-0.15, -0.1) is 0 Å². The molecule has 0 radical (unpaired) electrons. The number of nitrogens with two attached hydrogens (primary N) is 1. The molecule has 0 atom stereocenters. The second-order valence-electron chi connectivity index (χ2n) is 2.87. The summed E-state index contributed by atoms with van der Waals surface area (Å²) < 4.78 is 0. The fraction of sp³-hybridized carbons (Fsp3) is 0.444. The van der Waals surface area contributed by atoms with Crippen molar-refractivity contribution in [3.05, 3.63) is 12.5 Å². The molecule has 76 valence electrons. The Morgan fingerprint density at radius 1 is 1.29 bits per heavy atom. The van der Waals surface area contributed by atoms with Crippen molar-refractivity contribution in [3.63, 3.8) is 0 Å². The van der Waals surface area contributed by atoms with Crippen LogP contribution in [0.15, 0.2) is 12.5 Å². The van der Waals surface area contributed by atoms with Crippen LogP contribution in [0.3, 0.4) is 0 Å². The molecule has 0 aliphatic heterocycles. The highest BCUT2D eigenvalue weighted by atomic mass is 15.1. The highest BCUT2D eigenvalue weighted by Gasteiger charge is 1.95. The number of H-pyrrole nitrogens is 1. The summed E-state index contributed by atoms with van der Waals surface area (Å²) in [5.74, 6) is 0.250. The Hall–Kier alpha value is -1.65. The lowest BCUT2D eigenvalue weighted by atomic mass is 10.4. The van der Waals surface area contributed by atoms with Crippen molar-refractivity contribution in [3.8, 4) is 0 Å². The third-order valence-electron chi connectivity index (χ3n) is 1.69. The number of hydrogen-bond donors (Lipinski definition) is 2. The number of aromatic amines is 1. The zero-order valence-corrected chi connectivity index (χ0v) is 8.49. The molecule has 14 heavy (non-hydrogen) atoms. The number of hydrogen-bond acceptors (Lipinski definition) is 4. The van der Waals surface area contributed by atoms with E-state index in [1.165, 1.54) is 12.8 Å². The normalized spacial score (nSPS) is 9.57. The lowest BCUT2D eigenvalue weighted by molar-refractivity contribution is 0.886. The first-order valence-corrected chi connectivity index (χ1v) is 4.69. The van der Waals surface area contributed by atoms with E-state index < -0.39 is 0 Å². The van der Waals surface area contributed by atoms with Crippen LogP contribution >= 0.6 is 0 Å². The van der Waals surface area contributed by atoms with Crippen molar-refractivity contribution in [2.24, 2.45) is 0 Å². The SMILES string of the molecule is CCCC.Nc1ncc2[nH]cnc2n1. The molecule has 2 rings (SSSR count). The van der Waals surface area contributed by atoms with Crippen LogP contribution in [0, 0.1) is 0 Å². The van der Waals surface area contributed by atoms with E-state index >= 15 is 0 Å². The Labute approximate surface area is 82.8 Å². The first-order valence-electron chi connectivity index (χ1n) is 4.69. The predicted molar refractivity (Wildman–Crippen MR) is 56.7 cm³/mol. The van der Waals surface area contributed by atoms with Crippen LogP contribution < -0.4 is 5.73 Å². The van der Waals surface area contributed by atoms with Gasteiger partial charge in [0.1, 0.15) is 5.52 Å². The second-order valence-corrected chi connectivity index (χ2v) is 2.87. The summed E-state index contributed by atoms with van der Waals surface area (Å²) >= 11 is 0. The number of fused-ring (bicyclic) bond motifs is 1. The molecular weight excluding hydrogens is 178 g/mol. The summed E-state index contributed by atoms with van der Waals surface area (Å²) in [7, 11) is 0. The second kappa shape index (κ2) is 5.16. The van der Waals surface area contributed by atoms with Crippen LogP contribution in [0.25, 0.3) is 11.2 Å². The van der Waals surface area contributed by atoms with Crippen LogP contribution in [0.4, 0.5) is 5.95 Å². The fourth-order valence-electron chi connectivity index (χ4n) is 0.749. The van der Waals surface area contributed by atoms with Crippen molar-refractivity contribution in [1.29, 1.82) is 0 Å². The number of unbranched alkanes of at least 4 members (excludes halogenated alkanes) is 1. The number of rotatable bonds is 1. The quantitative estimate of drug-likeness (QED) is 0.722. The standard InChI is InChI=1S/C5H5N5.C4H10/c6-5-7-1-3-4(10-5)9-2-8-3;1-3-4-2/h1-2H,(H3,6,7,8,9,10);3-4H2,1-2H3. The number of nitrogens with one attached hydrogen (secondary N) is 1. The molecule has 0 spiro atoms. The van der Waals surface area contributed by atoms with Gasteiger partial charge in [0.25, 0.3) is 0 Å². The molecule has 0 aliphatic carbocycles. The van der Waals surface area contributed by atoms with E-state index in [1.54, 1.807) is 12.5 Å². The Morgan fingerprint density at radius 2 is 2.00 bits per heavy atom. The van der Waals surface area contributed by atoms with Crippen LogP contribution in [0.5, 0.6) is 0 Å². The van der Waals surface area contributed by atoms with E-state index in [9.17, 15) is 0 Å². The van der Waals surface area contributed by atoms with Crippen LogP contribution in [0.2, 0.25) is 0 Å². The minimum atomic E-state index is 0.250. The fourth-order valence-corrected chi connectivity index (χ4v) is 0.749. The zero-order valence-electron chi connectivity index (χ0n) is 8.49. The number of imidazole rings is 1. The van der Waals surface area contributed by atoms with Crippen molar-refractivity contribution in [2.45, 2.75) is 26.7 Å². The molecule has 0 aromatic carbocycles. The van der Waals surface area contributed by atoms with Crippen molar-refractivity contribution in [2.75, 3.05) is 5.73 Å². The molecule has 5 nitrogen and oxygen atoms in total. The lowest BCUT2D eigenvalue weighted by Crippen LogP contribution is -1.93. The molecule has 0 bridgehead atoms. The Bertz CT molecular complexity index is 379. The zero-order chi connectivity index (χ0) is 10.4.